The maximum Gasteiger partial charge on any atom is 0.315 e. The molecule has 0 aliphatic carbocycles. The summed E-state index contributed by atoms with van der Waals surface area (Å²) in [4.78, 5) is 29.0. The largest absolute Gasteiger partial charge is 0.492 e. The Morgan fingerprint density at radius 3 is 2.73 bits per heavy atom. The molecule has 0 aromatic heterocycles. The molecule has 26 heavy (non-hydrogen) atoms. The number of fused-ring (bicyclic) bond motifs is 3. The molecule has 6 nitrogen and oxygen atoms in total. The third-order valence-electron chi connectivity index (χ3n) is 6.19. The maximum atomic E-state index is 12.8. The lowest BCUT2D eigenvalue weighted by atomic mass is 9.73. The molecule has 0 spiro atoms. The predicted octanol–water partition coefficient (Wildman–Crippen LogP) is 1.95. The normalized spacial score (nSPS) is 28.2. The molecule has 4 rings (SSSR count). The van der Waals surface area contributed by atoms with Crippen molar-refractivity contribution in [1.82, 2.24) is 9.80 Å². The highest BCUT2D eigenvalue weighted by Gasteiger charge is 2.57. The molecule has 2 atom stereocenters. The zero-order valence-electron chi connectivity index (χ0n) is 15.0. The first-order valence-electron chi connectivity index (χ1n) is 9.55. The molecule has 0 unspecified atom stereocenters. The van der Waals surface area contributed by atoms with Gasteiger partial charge in [0.25, 0.3) is 0 Å². The van der Waals surface area contributed by atoms with Crippen molar-refractivity contribution < 1.29 is 19.4 Å². The van der Waals surface area contributed by atoms with E-state index < -0.39 is 11.4 Å². The van der Waals surface area contributed by atoms with Crippen LogP contribution in [0, 0.1) is 5.41 Å². The number of carbonyl (C=O) groups is 2. The molecule has 1 aromatic rings. The molecule has 1 aromatic carbocycles. The Balaban J connectivity index is 1.48. The van der Waals surface area contributed by atoms with E-state index in [1.165, 1.54) is 19.3 Å². The lowest BCUT2D eigenvalue weighted by Crippen LogP contribution is -2.46. The zero-order chi connectivity index (χ0) is 18.1. The third kappa shape index (κ3) is 2.96. The van der Waals surface area contributed by atoms with Crippen LogP contribution in [-0.2, 0) is 9.59 Å². The van der Waals surface area contributed by atoms with Gasteiger partial charge in [-0.3, -0.25) is 9.59 Å². The summed E-state index contributed by atoms with van der Waals surface area (Å²) in [6.07, 6.45) is 4.15. The average molecular weight is 358 g/mol. The highest BCUT2D eigenvalue weighted by molar-refractivity contribution is 5.83. The monoisotopic (exact) mass is 358 g/mol. The molecule has 2 saturated heterocycles. The van der Waals surface area contributed by atoms with Crippen LogP contribution in [0.15, 0.2) is 24.3 Å². The van der Waals surface area contributed by atoms with Gasteiger partial charge in [-0.25, -0.2) is 0 Å². The van der Waals surface area contributed by atoms with Gasteiger partial charge in [-0.05, 0) is 32.0 Å². The summed E-state index contributed by atoms with van der Waals surface area (Å²) >= 11 is 0. The predicted molar refractivity (Wildman–Crippen MR) is 96.2 cm³/mol. The van der Waals surface area contributed by atoms with Gasteiger partial charge >= 0.3 is 5.97 Å². The first kappa shape index (κ1) is 17.3. The molecule has 3 aliphatic rings. The van der Waals surface area contributed by atoms with Crippen LogP contribution >= 0.6 is 0 Å². The van der Waals surface area contributed by atoms with E-state index in [2.05, 4.69) is 4.90 Å². The van der Waals surface area contributed by atoms with Crippen LogP contribution in [0.4, 0.5) is 0 Å². The van der Waals surface area contributed by atoms with Gasteiger partial charge in [-0.15, -0.1) is 0 Å². The molecular weight excluding hydrogens is 332 g/mol. The standard InChI is InChI=1S/C20H26N2O4/c23-18(8-11-21-9-4-1-5-10-21)22-12-16-15-6-2-3-7-17(15)26-14-20(16,13-22)19(24)25/h2-3,6-7,16H,1,4-5,8-14H2,(H,24,25)/t16-,20-/m0/s1. The number of piperidine rings is 1. The van der Waals surface area contributed by atoms with Crippen molar-refractivity contribution in [3.05, 3.63) is 29.8 Å². The summed E-state index contributed by atoms with van der Waals surface area (Å²) in [7, 11) is 0. The Bertz CT molecular complexity index is 701. The van der Waals surface area contributed by atoms with Crippen LogP contribution < -0.4 is 4.74 Å². The minimum atomic E-state index is -1.03. The van der Waals surface area contributed by atoms with Gasteiger partial charge in [-0.2, -0.15) is 0 Å². The van der Waals surface area contributed by atoms with Crippen molar-refractivity contribution in [3.8, 4) is 5.75 Å². The van der Waals surface area contributed by atoms with E-state index in [1.807, 2.05) is 24.3 Å². The minimum absolute atomic E-state index is 0.0584. The fourth-order valence-corrected chi connectivity index (χ4v) is 4.62. The molecule has 0 bridgehead atoms. The topological polar surface area (TPSA) is 70.1 Å². The molecule has 3 aliphatic heterocycles. The highest BCUT2D eigenvalue weighted by atomic mass is 16.5. The second-order valence-electron chi connectivity index (χ2n) is 7.77. The van der Waals surface area contributed by atoms with Crippen LogP contribution in [-0.4, -0.2) is 66.1 Å². The van der Waals surface area contributed by atoms with Gasteiger partial charge in [0.05, 0.1) is 0 Å². The fraction of sp³-hybridized carbons (Fsp3) is 0.600. The van der Waals surface area contributed by atoms with Crippen molar-refractivity contribution in [2.45, 2.75) is 31.6 Å². The van der Waals surface area contributed by atoms with Gasteiger partial charge in [0.2, 0.25) is 5.91 Å². The van der Waals surface area contributed by atoms with Crippen LogP contribution in [0.1, 0.15) is 37.2 Å². The summed E-state index contributed by atoms with van der Waals surface area (Å²) in [6.45, 7) is 3.73. The van der Waals surface area contributed by atoms with Crippen molar-refractivity contribution in [1.29, 1.82) is 0 Å². The Kier molecular flexibility index (Phi) is 4.61. The number of carboxylic acid groups (broad SMARTS) is 1. The summed E-state index contributed by atoms with van der Waals surface area (Å²) < 4.78 is 5.76. The minimum Gasteiger partial charge on any atom is -0.492 e. The summed E-state index contributed by atoms with van der Waals surface area (Å²) in [5, 5.41) is 9.93. The smallest absolute Gasteiger partial charge is 0.315 e. The van der Waals surface area contributed by atoms with E-state index in [0.717, 1.165) is 30.9 Å². The number of benzene rings is 1. The third-order valence-corrected chi connectivity index (χ3v) is 6.19. The number of likely N-dealkylation sites (tertiary alicyclic amines) is 2. The van der Waals surface area contributed by atoms with E-state index in [-0.39, 0.29) is 25.0 Å². The van der Waals surface area contributed by atoms with Crippen molar-refractivity contribution in [2.24, 2.45) is 5.41 Å². The molecule has 0 radical (unpaired) electrons. The molecule has 2 fully saturated rings. The Hall–Kier alpha value is -2.08. The Labute approximate surface area is 153 Å². The van der Waals surface area contributed by atoms with E-state index in [9.17, 15) is 14.7 Å². The lowest BCUT2D eigenvalue weighted by Gasteiger charge is -2.35. The summed E-state index contributed by atoms with van der Waals surface area (Å²) in [5.74, 6) is -0.271. The second kappa shape index (κ2) is 6.91. The number of amides is 1. The molecule has 140 valence electrons. The molecule has 3 heterocycles. The quantitative estimate of drug-likeness (QED) is 0.891. The summed E-state index contributed by atoms with van der Waals surface area (Å²) in [5.41, 5.74) is -0.123. The number of rotatable bonds is 4. The van der Waals surface area contributed by atoms with E-state index >= 15 is 0 Å². The molecule has 1 N–H and O–H groups in total. The Morgan fingerprint density at radius 2 is 1.96 bits per heavy atom. The molecule has 6 heteroatoms. The fourth-order valence-electron chi connectivity index (χ4n) is 4.62. The van der Waals surface area contributed by atoms with E-state index in [4.69, 9.17) is 4.74 Å². The van der Waals surface area contributed by atoms with Crippen LogP contribution in [0.5, 0.6) is 5.75 Å². The van der Waals surface area contributed by atoms with Crippen molar-refractivity contribution >= 4 is 11.9 Å². The number of para-hydroxylation sites is 1. The van der Waals surface area contributed by atoms with Gasteiger partial charge < -0.3 is 19.6 Å². The van der Waals surface area contributed by atoms with Gasteiger partial charge in [0, 0.05) is 37.5 Å². The average Bonchev–Trinajstić information content (AvgIpc) is 3.09. The van der Waals surface area contributed by atoms with E-state index in [1.54, 1.807) is 4.90 Å². The lowest BCUT2D eigenvalue weighted by molar-refractivity contribution is -0.152. The first-order chi connectivity index (χ1) is 12.6. The number of carbonyl (C=O) groups excluding carboxylic acids is 1. The van der Waals surface area contributed by atoms with Gasteiger partial charge in [0.1, 0.15) is 17.8 Å². The summed E-state index contributed by atoms with van der Waals surface area (Å²) in [6, 6.07) is 7.60. The van der Waals surface area contributed by atoms with E-state index in [0.29, 0.717) is 13.0 Å². The molecule has 0 saturated carbocycles. The van der Waals surface area contributed by atoms with Crippen molar-refractivity contribution in [3.63, 3.8) is 0 Å². The molecule has 1 amide bonds. The van der Waals surface area contributed by atoms with Crippen LogP contribution in [0.3, 0.4) is 0 Å². The highest BCUT2D eigenvalue weighted by Crippen LogP contribution is 2.49. The molecular formula is C20H26N2O4. The second-order valence-corrected chi connectivity index (χ2v) is 7.77. The first-order valence-corrected chi connectivity index (χ1v) is 9.55. The number of hydrogen-bond acceptors (Lipinski definition) is 4. The van der Waals surface area contributed by atoms with Gasteiger partial charge in [0.15, 0.2) is 0 Å². The maximum absolute atomic E-state index is 12.8. The van der Waals surface area contributed by atoms with Gasteiger partial charge in [-0.1, -0.05) is 24.6 Å². The van der Waals surface area contributed by atoms with Crippen LogP contribution in [0.2, 0.25) is 0 Å². The zero-order valence-corrected chi connectivity index (χ0v) is 15.0. The number of carboxylic acids is 1. The van der Waals surface area contributed by atoms with Crippen LogP contribution in [0.25, 0.3) is 0 Å². The SMILES string of the molecule is O=C(CCN1CCCCC1)N1C[C@H]2c3ccccc3OC[C@@]2(C(=O)O)C1. The number of hydrogen-bond donors (Lipinski definition) is 1. The number of aliphatic carboxylic acids is 1. The van der Waals surface area contributed by atoms with Crippen molar-refractivity contribution in [2.75, 3.05) is 39.3 Å². The number of ether oxygens (including phenoxy) is 1. The Morgan fingerprint density at radius 1 is 1.19 bits per heavy atom. The number of nitrogens with zero attached hydrogens (tertiary/aromatic N) is 2.